The second-order valence-electron chi connectivity index (χ2n) is 10.5. The highest BCUT2D eigenvalue weighted by atomic mass is 35.5. The second-order valence-corrected chi connectivity index (χ2v) is 12.8. The average molecular weight is 616 g/mol. The van der Waals surface area contributed by atoms with Gasteiger partial charge in [-0.3, -0.25) is 13.9 Å². The van der Waals surface area contributed by atoms with Gasteiger partial charge in [-0.15, -0.1) is 0 Å². The van der Waals surface area contributed by atoms with E-state index in [4.69, 9.17) is 11.6 Å². The van der Waals surface area contributed by atoms with E-state index in [1.54, 1.807) is 43.3 Å². The van der Waals surface area contributed by atoms with Gasteiger partial charge in [-0.2, -0.15) is 0 Å². The zero-order valence-electron chi connectivity index (χ0n) is 24.5. The first kappa shape index (κ1) is 33.1. The molecule has 0 saturated carbocycles. The fraction of sp³-hybridized carbons (Fsp3) is 0.375. The number of amides is 2. The van der Waals surface area contributed by atoms with E-state index in [1.165, 1.54) is 15.3 Å². The fourth-order valence-corrected chi connectivity index (χ4v) is 5.82. The minimum Gasteiger partial charge on any atom is -0.352 e. The van der Waals surface area contributed by atoms with Crippen molar-refractivity contribution >= 4 is 39.1 Å². The van der Waals surface area contributed by atoms with Crippen LogP contribution in [0.3, 0.4) is 0 Å². The molecular weight excluding hydrogens is 577 g/mol. The first-order valence-corrected chi connectivity index (χ1v) is 16.2. The van der Waals surface area contributed by atoms with Crippen molar-refractivity contribution in [3.63, 3.8) is 0 Å². The van der Waals surface area contributed by atoms with E-state index in [9.17, 15) is 22.4 Å². The quantitative estimate of drug-likeness (QED) is 0.245. The van der Waals surface area contributed by atoms with Crippen molar-refractivity contribution in [3.8, 4) is 0 Å². The Kier molecular flexibility index (Phi) is 11.9. The van der Waals surface area contributed by atoms with Crippen molar-refractivity contribution in [1.29, 1.82) is 0 Å². The fourth-order valence-electron chi connectivity index (χ4n) is 4.64. The van der Waals surface area contributed by atoms with E-state index in [0.717, 1.165) is 17.4 Å². The molecule has 0 bridgehead atoms. The zero-order valence-corrected chi connectivity index (χ0v) is 26.1. The molecule has 0 aromatic heterocycles. The standard InChI is InChI=1S/C32H39ClFN3O4S/c1-5-24(3)35-32(39)30(20-25-12-7-6-8-13-25)36(22-26-14-9-10-15-28(26)34)31(38)16-11-19-37(42(4,40)41)29-21-27(33)18-17-23(29)2/h6-10,12-15,17-18,21,24,30H,5,11,16,19-20,22H2,1-4H3,(H,35,39)/t24-,30+/m1/s1. The molecule has 2 amide bonds. The van der Waals surface area contributed by atoms with Crippen LogP contribution < -0.4 is 9.62 Å². The summed E-state index contributed by atoms with van der Waals surface area (Å²) in [4.78, 5) is 28.9. The Morgan fingerprint density at radius 1 is 1.02 bits per heavy atom. The molecule has 3 aromatic rings. The molecule has 0 unspecified atom stereocenters. The summed E-state index contributed by atoms with van der Waals surface area (Å²) in [5, 5.41) is 3.38. The number of hydrogen-bond donors (Lipinski definition) is 1. The van der Waals surface area contributed by atoms with Crippen molar-refractivity contribution < 1.29 is 22.4 Å². The third kappa shape index (κ3) is 9.29. The third-order valence-electron chi connectivity index (χ3n) is 7.16. The van der Waals surface area contributed by atoms with Gasteiger partial charge in [0.15, 0.2) is 0 Å². The number of rotatable bonds is 14. The van der Waals surface area contributed by atoms with Gasteiger partial charge in [-0.05, 0) is 56.0 Å². The average Bonchev–Trinajstić information content (AvgIpc) is 2.95. The van der Waals surface area contributed by atoms with E-state index >= 15 is 0 Å². The highest BCUT2D eigenvalue weighted by Crippen LogP contribution is 2.27. The van der Waals surface area contributed by atoms with Gasteiger partial charge in [0.25, 0.3) is 0 Å². The first-order chi connectivity index (χ1) is 19.9. The van der Waals surface area contributed by atoms with E-state index in [0.29, 0.717) is 17.1 Å². The molecule has 0 aliphatic carbocycles. The van der Waals surface area contributed by atoms with Crippen molar-refractivity contribution in [3.05, 3.63) is 100 Å². The summed E-state index contributed by atoms with van der Waals surface area (Å²) in [5.41, 5.74) is 2.30. The topological polar surface area (TPSA) is 86.8 Å². The van der Waals surface area contributed by atoms with Crippen LogP contribution in [0, 0.1) is 12.7 Å². The lowest BCUT2D eigenvalue weighted by molar-refractivity contribution is -0.141. The van der Waals surface area contributed by atoms with Gasteiger partial charge in [0, 0.05) is 42.6 Å². The Morgan fingerprint density at radius 3 is 2.33 bits per heavy atom. The lowest BCUT2D eigenvalue weighted by atomic mass is 10.0. The molecule has 7 nitrogen and oxygen atoms in total. The maximum Gasteiger partial charge on any atom is 0.243 e. The molecule has 42 heavy (non-hydrogen) atoms. The molecule has 0 radical (unpaired) electrons. The molecule has 1 N–H and O–H groups in total. The SMILES string of the molecule is CC[C@@H](C)NC(=O)[C@H](Cc1ccccc1)N(Cc1ccccc1F)C(=O)CCCN(c1cc(Cl)ccc1C)S(C)(=O)=O. The van der Waals surface area contributed by atoms with Crippen molar-refractivity contribution in [2.45, 2.75) is 65.1 Å². The monoisotopic (exact) mass is 615 g/mol. The predicted molar refractivity (Wildman–Crippen MR) is 166 cm³/mol. The predicted octanol–water partition coefficient (Wildman–Crippen LogP) is 5.89. The van der Waals surface area contributed by atoms with Gasteiger partial charge >= 0.3 is 0 Å². The molecule has 0 saturated heterocycles. The summed E-state index contributed by atoms with van der Waals surface area (Å²) in [6, 6.07) is 19.5. The van der Waals surface area contributed by atoms with E-state index < -0.39 is 21.9 Å². The molecule has 10 heteroatoms. The van der Waals surface area contributed by atoms with Crippen molar-refractivity contribution in [2.75, 3.05) is 17.1 Å². The lowest BCUT2D eigenvalue weighted by Gasteiger charge is -2.33. The van der Waals surface area contributed by atoms with Crippen LogP contribution in [-0.2, 0) is 32.6 Å². The highest BCUT2D eigenvalue weighted by Gasteiger charge is 2.31. The maximum absolute atomic E-state index is 14.8. The van der Waals surface area contributed by atoms with Gasteiger partial charge in [0.1, 0.15) is 11.9 Å². The normalized spacial score (nSPS) is 12.8. The molecule has 0 aliphatic rings. The molecule has 0 heterocycles. The molecule has 3 rings (SSSR count). The first-order valence-electron chi connectivity index (χ1n) is 14.0. The van der Waals surface area contributed by atoms with Crippen LogP contribution in [0.4, 0.5) is 10.1 Å². The van der Waals surface area contributed by atoms with Crippen LogP contribution in [0.5, 0.6) is 0 Å². The number of carbonyl (C=O) groups excluding carboxylic acids is 2. The Bertz CT molecular complexity index is 1470. The van der Waals surface area contributed by atoms with Crippen LogP contribution in [0.2, 0.25) is 5.02 Å². The van der Waals surface area contributed by atoms with E-state index in [2.05, 4.69) is 5.32 Å². The van der Waals surface area contributed by atoms with E-state index in [-0.39, 0.29) is 55.8 Å². The maximum atomic E-state index is 14.8. The van der Waals surface area contributed by atoms with Crippen LogP contribution in [0.15, 0.2) is 72.8 Å². The Morgan fingerprint density at radius 2 is 1.69 bits per heavy atom. The van der Waals surface area contributed by atoms with Crippen molar-refractivity contribution in [1.82, 2.24) is 10.2 Å². The highest BCUT2D eigenvalue weighted by molar-refractivity contribution is 7.92. The number of benzene rings is 3. The summed E-state index contributed by atoms with van der Waals surface area (Å²) in [7, 11) is -3.68. The third-order valence-corrected chi connectivity index (χ3v) is 8.58. The smallest absolute Gasteiger partial charge is 0.243 e. The number of sulfonamides is 1. The summed E-state index contributed by atoms with van der Waals surface area (Å²) >= 11 is 6.15. The molecule has 226 valence electrons. The van der Waals surface area contributed by atoms with Crippen LogP contribution in [0.25, 0.3) is 0 Å². The number of anilines is 1. The Hall–Kier alpha value is -3.43. The number of carbonyl (C=O) groups is 2. The number of nitrogens with zero attached hydrogens (tertiary/aromatic N) is 2. The number of hydrogen-bond acceptors (Lipinski definition) is 4. The van der Waals surface area contributed by atoms with Gasteiger partial charge in [-0.25, -0.2) is 12.8 Å². The molecule has 0 aliphatic heterocycles. The summed E-state index contributed by atoms with van der Waals surface area (Å²) in [6.45, 7) is 5.55. The number of halogens is 2. The molecular formula is C32H39ClFN3O4S. The van der Waals surface area contributed by atoms with E-state index in [1.807, 2.05) is 44.2 Å². The van der Waals surface area contributed by atoms with Crippen LogP contribution in [0.1, 0.15) is 49.8 Å². The number of aryl methyl sites for hydroxylation is 1. The summed E-state index contributed by atoms with van der Waals surface area (Å²) in [5.74, 6) is -1.18. The van der Waals surface area contributed by atoms with Crippen LogP contribution in [-0.4, -0.2) is 50.0 Å². The Balaban J connectivity index is 1.92. The van der Waals surface area contributed by atoms with Crippen LogP contribution >= 0.6 is 11.6 Å². The molecule has 0 spiro atoms. The summed E-state index contributed by atoms with van der Waals surface area (Å²) in [6.07, 6.45) is 2.17. The lowest BCUT2D eigenvalue weighted by Crippen LogP contribution is -2.52. The minimum atomic E-state index is -3.68. The van der Waals surface area contributed by atoms with Crippen molar-refractivity contribution in [2.24, 2.45) is 0 Å². The largest absolute Gasteiger partial charge is 0.352 e. The van der Waals surface area contributed by atoms with Gasteiger partial charge < -0.3 is 10.2 Å². The zero-order chi connectivity index (χ0) is 30.9. The summed E-state index contributed by atoms with van der Waals surface area (Å²) < 4.78 is 41.4. The minimum absolute atomic E-state index is 0.0295. The van der Waals surface area contributed by atoms with Gasteiger partial charge in [0.2, 0.25) is 21.8 Å². The van der Waals surface area contributed by atoms with Gasteiger partial charge in [0.05, 0.1) is 11.9 Å². The molecule has 2 atom stereocenters. The second kappa shape index (κ2) is 15.2. The molecule has 3 aromatic carbocycles. The number of nitrogens with one attached hydrogen (secondary N) is 1. The Labute approximate surface area is 253 Å². The van der Waals surface area contributed by atoms with Gasteiger partial charge in [-0.1, -0.05) is 73.1 Å². The molecule has 0 fully saturated rings.